The summed E-state index contributed by atoms with van der Waals surface area (Å²) in [6.07, 6.45) is 3.27. The van der Waals surface area contributed by atoms with Crippen molar-refractivity contribution in [2.45, 2.75) is 0 Å². The molecule has 28 heavy (non-hydrogen) atoms. The molecule has 2 amide bonds. The number of hydrogen-bond acceptors (Lipinski definition) is 3. The second-order valence-electron chi connectivity index (χ2n) is 6.62. The highest BCUT2D eigenvalue weighted by Crippen LogP contribution is 2.20. The standard InChI is InChI=1S/C21H17F2N3O2/c22-18-6-5-14(11-19(18)23)20(27)25-7-9-26(10-8-25)21(28)17-13-24-12-15-3-1-2-4-16(15)17/h1-6,11-13H,7-10H2. The molecule has 1 aliphatic rings. The summed E-state index contributed by atoms with van der Waals surface area (Å²) in [5, 5.41) is 1.73. The molecule has 1 aliphatic heterocycles. The van der Waals surface area contributed by atoms with Crippen LogP contribution < -0.4 is 0 Å². The maximum absolute atomic E-state index is 13.4. The third-order valence-electron chi connectivity index (χ3n) is 4.92. The first-order valence-corrected chi connectivity index (χ1v) is 8.91. The minimum Gasteiger partial charge on any atom is -0.335 e. The Kier molecular flexibility index (Phi) is 4.73. The molecule has 0 N–H and O–H groups in total. The zero-order valence-corrected chi connectivity index (χ0v) is 14.9. The normalized spacial score (nSPS) is 14.4. The van der Waals surface area contributed by atoms with Crippen molar-refractivity contribution in [3.05, 3.63) is 77.6 Å². The van der Waals surface area contributed by atoms with E-state index in [1.807, 2.05) is 24.3 Å². The monoisotopic (exact) mass is 381 g/mol. The average molecular weight is 381 g/mol. The molecule has 0 atom stereocenters. The van der Waals surface area contributed by atoms with Crippen LogP contribution in [0.15, 0.2) is 54.9 Å². The number of rotatable bonds is 2. The Bertz CT molecular complexity index is 1060. The molecular weight excluding hydrogens is 364 g/mol. The second-order valence-corrected chi connectivity index (χ2v) is 6.62. The zero-order valence-electron chi connectivity index (χ0n) is 14.9. The number of carbonyl (C=O) groups is 2. The van der Waals surface area contributed by atoms with Crippen molar-refractivity contribution < 1.29 is 18.4 Å². The topological polar surface area (TPSA) is 53.5 Å². The highest BCUT2D eigenvalue weighted by atomic mass is 19.2. The highest BCUT2D eigenvalue weighted by Gasteiger charge is 2.26. The van der Waals surface area contributed by atoms with Crippen molar-refractivity contribution in [2.24, 2.45) is 0 Å². The molecule has 4 rings (SSSR count). The Balaban J connectivity index is 1.47. The largest absolute Gasteiger partial charge is 0.335 e. The molecule has 0 unspecified atom stereocenters. The molecule has 0 spiro atoms. The third kappa shape index (κ3) is 3.31. The van der Waals surface area contributed by atoms with E-state index in [-0.39, 0.29) is 17.4 Å². The predicted molar refractivity (Wildman–Crippen MR) is 99.9 cm³/mol. The lowest BCUT2D eigenvalue weighted by atomic mass is 10.1. The van der Waals surface area contributed by atoms with E-state index in [9.17, 15) is 18.4 Å². The molecule has 5 nitrogen and oxygen atoms in total. The number of amides is 2. The summed E-state index contributed by atoms with van der Waals surface area (Å²) in [4.78, 5) is 32.8. The van der Waals surface area contributed by atoms with E-state index in [2.05, 4.69) is 4.98 Å². The van der Waals surface area contributed by atoms with Crippen LogP contribution in [0.5, 0.6) is 0 Å². The van der Waals surface area contributed by atoms with Gasteiger partial charge in [-0.15, -0.1) is 0 Å². The van der Waals surface area contributed by atoms with Crippen LogP contribution in [0.1, 0.15) is 20.7 Å². The first-order valence-electron chi connectivity index (χ1n) is 8.91. The number of pyridine rings is 1. The van der Waals surface area contributed by atoms with E-state index in [1.165, 1.54) is 11.0 Å². The highest BCUT2D eigenvalue weighted by molar-refractivity contribution is 6.06. The van der Waals surface area contributed by atoms with E-state index in [0.29, 0.717) is 31.7 Å². The van der Waals surface area contributed by atoms with Crippen molar-refractivity contribution in [1.29, 1.82) is 0 Å². The van der Waals surface area contributed by atoms with Crippen molar-refractivity contribution >= 4 is 22.6 Å². The number of benzene rings is 2. The van der Waals surface area contributed by atoms with E-state index >= 15 is 0 Å². The summed E-state index contributed by atoms with van der Waals surface area (Å²) in [7, 11) is 0. The van der Waals surface area contributed by atoms with Gasteiger partial charge in [-0.2, -0.15) is 0 Å². The minimum absolute atomic E-state index is 0.0944. The smallest absolute Gasteiger partial charge is 0.256 e. The minimum atomic E-state index is -1.05. The molecule has 2 aromatic carbocycles. The number of halogens is 2. The Hall–Kier alpha value is -3.35. The fraction of sp³-hybridized carbons (Fsp3) is 0.190. The third-order valence-corrected chi connectivity index (χ3v) is 4.92. The fourth-order valence-electron chi connectivity index (χ4n) is 3.38. The molecule has 0 aliphatic carbocycles. The molecule has 0 bridgehead atoms. The summed E-state index contributed by atoms with van der Waals surface area (Å²) >= 11 is 0. The van der Waals surface area contributed by atoms with Gasteiger partial charge in [0.25, 0.3) is 11.8 Å². The molecule has 2 heterocycles. The molecule has 1 aromatic heterocycles. The number of nitrogens with zero attached hydrogens (tertiary/aromatic N) is 3. The Morgan fingerprint density at radius 2 is 1.50 bits per heavy atom. The SMILES string of the molecule is O=C(c1ccc(F)c(F)c1)N1CCN(C(=O)c2cncc3ccccc23)CC1. The van der Waals surface area contributed by atoms with Gasteiger partial charge in [-0.25, -0.2) is 8.78 Å². The fourth-order valence-corrected chi connectivity index (χ4v) is 3.38. The second kappa shape index (κ2) is 7.34. The summed E-state index contributed by atoms with van der Waals surface area (Å²) in [6.45, 7) is 1.36. The van der Waals surface area contributed by atoms with Crippen LogP contribution in [0.25, 0.3) is 10.8 Å². The van der Waals surface area contributed by atoms with Gasteiger partial charge < -0.3 is 9.80 Å². The molecule has 0 saturated carbocycles. The van der Waals surface area contributed by atoms with Crippen LogP contribution in [0.3, 0.4) is 0 Å². The Morgan fingerprint density at radius 3 is 2.21 bits per heavy atom. The number of aromatic nitrogens is 1. The van der Waals surface area contributed by atoms with Crippen LogP contribution in [-0.4, -0.2) is 52.8 Å². The van der Waals surface area contributed by atoms with Crippen molar-refractivity contribution in [3.8, 4) is 0 Å². The van der Waals surface area contributed by atoms with Gasteiger partial charge in [0.05, 0.1) is 5.56 Å². The van der Waals surface area contributed by atoms with E-state index in [0.717, 1.165) is 22.9 Å². The lowest BCUT2D eigenvalue weighted by Crippen LogP contribution is -2.50. The molecular formula is C21H17F2N3O2. The first kappa shape index (κ1) is 18.0. The van der Waals surface area contributed by atoms with Crippen LogP contribution in [0.4, 0.5) is 8.78 Å². The van der Waals surface area contributed by atoms with Crippen LogP contribution in [0, 0.1) is 11.6 Å². The molecule has 1 saturated heterocycles. The van der Waals surface area contributed by atoms with Gasteiger partial charge in [0.2, 0.25) is 0 Å². The Morgan fingerprint density at radius 1 is 0.821 bits per heavy atom. The molecule has 142 valence electrons. The van der Waals surface area contributed by atoms with Gasteiger partial charge in [0, 0.05) is 49.5 Å². The molecule has 7 heteroatoms. The maximum Gasteiger partial charge on any atom is 0.256 e. The summed E-state index contributed by atoms with van der Waals surface area (Å²) in [5.41, 5.74) is 0.621. The van der Waals surface area contributed by atoms with Crippen LogP contribution in [0.2, 0.25) is 0 Å². The predicted octanol–water partition coefficient (Wildman–Crippen LogP) is 3.11. The average Bonchev–Trinajstić information content (AvgIpc) is 2.74. The van der Waals surface area contributed by atoms with Gasteiger partial charge in [0.1, 0.15) is 0 Å². The number of carbonyl (C=O) groups excluding carboxylic acids is 2. The van der Waals surface area contributed by atoms with Crippen molar-refractivity contribution in [1.82, 2.24) is 14.8 Å². The summed E-state index contributed by atoms with van der Waals surface area (Å²) in [6, 6.07) is 10.6. The van der Waals surface area contributed by atoms with Gasteiger partial charge >= 0.3 is 0 Å². The van der Waals surface area contributed by atoms with Crippen molar-refractivity contribution in [3.63, 3.8) is 0 Å². The summed E-state index contributed by atoms with van der Waals surface area (Å²) in [5.74, 6) is -2.55. The molecule has 0 radical (unpaired) electrons. The van der Waals surface area contributed by atoms with Gasteiger partial charge in [-0.05, 0) is 23.6 Å². The molecule has 1 fully saturated rings. The van der Waals surface area contributed by atoms with Gasteiger partial charge in [-0.3, -0.25) is 14.6 Å². The molecule has 3 aromatic rings. The summed E-state index contributed by atoms with van der Waals surface area (Å²) < 4.78 is 26.5. The van der Waals surface area contributed by atoms with Crippen LogP contribution in [-0.2, 0) is 0 Å². The quantitative estimate of drug-likeness (QED) is 0.685. The van der Waals surface area contributed by atoms with Gasteiger partial charge in [0.15, 0.2) is 11.6 Å². The number of hydrogen-bond donors (Lipinski definition) is 0. The lowest BCUT2D eigenvalue weighted by Gasteiger charge is -2.35. The number of fused-ring (bicyclic) bond motifs is 1. The first-order chi connectivity index (χ1) is 13.5. The maximum atomic E-state index is 13.4. The number of piperazine rings is 1. The van der Waals surface area contributed by atoms with Crippen LogP contribution >= 0.6 is 0 Å². The van der Waals surface area contributed by atoms with E-state index < -0.39 is 11.6 Å². The lowest BCUT2D eigenvalue weighted by molar-refractivity contribution is 0.0536. The van der Waals surface area contributed by atoms with Crippen molar-refractivity contribution in [2.75, 3.05) is 26.2 Å². The van der Waals surface area contributed by atoms with E-state index in [1.54, 1.807) is 17.3 Å². The Labute approximate surface area is 160 Å². The van der Waals surface area contributed by atoms with Gasteiger partial charge in [-0.1, -0.05) is 24.3 Å². The zero-order chi connectivity index (χ0) is 19.7. The van der Waals surface area contributed by atoms with E-state index in [4.69, 9.17) is 0 Å².